The third-order valence-corrected chi connectivity index (χ3v) is 2.39. The van der Waals surface area contributed by atoms with Crippen molar-refractivity contribution in [3.05, 3.63) is 64.3 Å². The Kier molecular flexibility index (Phi) is 2.63. The van der Waals surface area contributed by atoms with Crippen molar-refractivity contribution in [3.8, 4) is 0 Å². The maximum absolute atomic E-state index is 11.2. The Morgan fingerprint density at radius 2 is 2.07 bits per heavy atom. The van der Waals surface area contributed by atoms with Crippen LogP contribution in [0.1, 0.15) is 24.2 Å². The van der Waals surface area contributed by atoms with Crippen LogP contribution in [0.15, 0.2) is 47.4 Å². The molecule has 0 fully saturated rings. The van der Waals surface area contributed by atoms with E-state index in [2.05, 4.69) is 9.97 Å². The lowest BCUT2D eigenvalue weighted by molar-refractivity contribution is 0.826. The van der Waals surface area contributed by atoms with Gasteiger partial charge in [0, 0.05) is 29.6 Å². The van der Waals surface area contributed by atoms with E-state index in [1.54, 1.807) is 12.3 Å². The van der Waals surface area contributed by atoms with Crippen LogP contribution in [0.2, 0.25) is 0 Å². The van der Waals surface area contributed by atoms with Gasteiger partial charge >= 0.3 is 0 Å². The smallest absolute Gasteiger partial charge is 0.248 e. The molecular weight excluding hydrogens is 188 g/mol. The van der Waals surface area contributed by atoms with Crippen LogP contribution in [-0.4, -0.2) is 9.97 Å². The minimum Gasteiger partial charge on any atom is -0.326 e. The zero-order valence-electron chi connectivity index (χ0n) is 8.47. The maximum Gasteiger partial charge on any atom is 0.248 e. The largest absolute Gasteiger partial charge is 0.326 e. The molecule has 0 aromatic carbocycles. The number of aromatic nitrogens is 2. The molecule has 76 valence electrons. The molecule has 0 aliphatic rings. The summed E-state index contributed by atoms with van der Waals surface area (Å²) in [6, 6.07) is 10.9. The van der Waals surface area contributed by atoms with Gasteiger partial charge in [0.05, 0.1) is 0 Å². The van der Waals surface area contributed by atoms with Crippen molar-refractivity contribution in [1.29, 1.82) is 0 Å². The fraction of sp³-hybridized carbons (Fsp3) is 0.167. The van der Waals surface area contributed by atoms with Crippen LogP contribution in [-0.2, 0) is 0 Å². The van der Waals surface area contributed by atoms with Crippen molar-refractivity contribution in [1.82, 2.24) is 9.97 Å². The molecule has 15 heavy (non-hydrogen) atoms. The predicted octanol–water partition coefficient (Wildman–Crippen LogP) is 1.92. The van der Waals surface area contributed by atoms with Crippen LogP contribution in [0.25, 0.3) is 0 Å². The topological polar surface area (TPSA) is 45.8 Å². The molecule has 2 rings (SSSR count). The molecule has 0 aliphatic heterocycles. The first-order valence-corrected chi connectivity index (χ1v) is 4.87. The number of nitrogens with zero attached hydrogens (tertiary/aromatic N) is 1. The molecule has 0 bridgehead atoms. The molecule has 0 saturated carbocycles. The van der Waals surface area contributed by atoms with Gasteiger partial charge in [-0.05, 0) is 18.2 Å². The summed E-state index contributed by atoms with van der Waals surface area (Å²) >= 11 is 0. The van der Waals surface area contributed by atoms with E-state index in [0.29, 0.717) is 0 Å². The Bertz CT molecular complexity index is 490. The first-order chi connectivity index (χ1) is 7.27. The number of hydrogen-bond donors (Lipinski definition) is 1. The molecule has 2 aromatic rings. The molecule has 0 amide bonds. The van der Waals surface area contributed by atoms with Crippen LogP contribution in [0.5, 0.6) is 0 Å². The highest BCUT2D eigenvalue weighted by atomic mass is 16.1. The summed E-state index contributed by atoms with van der Waals surface area (Å²) < 4.78 is 0. The Labute approximate surface area is 87.8 Å². The third-order valence-electron chi connectivity index (χ3n) is 2.39. The Hall–Kier alpha value is -1.90. The van der Waals surface area contributed by atoms with Crippen LogP contribution < -0.4 is 5.56 Å². The van der Waals surface area contributed by atoms with Crippen LogP contribution in [0, 0.1) is 0 Å². The van der Waals surface area contributed by atoms with Gasteiger partial charge in [-0.15, -0.1) is 0 Å². The second-order valence-corrected chi connectivity index (χ2v) is 3.45. The van der Waals surface area contributed by atoms with Crippen molar-refractivity contribution in [2.75, 3.05) is 0 Å². The van der Waals surface area contributed by atoms with E-state index >= 15 is 0 Å². The van der Waals surface area contributed by atoms with E-state index in [1.165, 1.54) is 6.07 Å². The Morgan fingerprint density at radius 3 is 2.73 bits per heavy atom. The highest BCUT2D eigenvalue weighted by molar-refractivity contribution is 5.21. The number of rotatable bonds is 2. The van der Waals surface area contributed by atoms with Crippen molar-refractivity contribution in [3.63, 3.8) is 0 Å². The molecule has 1 unspecified atom stereocenters. The molecule has 1 N–H and O–H groups in total. The number of pyridine rings is 2. The number of H-pyrrole nitrogens is 1. The van der Waals surface area contributed by atoms with Crippen molar-refractivity contribution in [2.45, 2.75) is 12.8 Å². The first kappa shape index (κ1) is 9.65. The second kappa shape index (κ2) is 4.09. The van der Waals surface area contributed by atoms with E-state index in [9.17, 15) is 4.79 Å². The summed E-state index contributed by atoms with van der Waals surface area (Å²) in [5.74, 6) is 0.111. The van der Waals surface area contributed by atoms with Crippen LogP contribution >= 0.6 is 0 Å². The lowest BCUT2D eigenvalue weighted by Crippen LogP contribution is -2.09. The van der Waals surface area contributed by atoms with E-state index in [4.69, 9.17) is 0 Å². The summed E-state index contributed by atoms with van der Waals surface area (Å²) in [6.07, 6.45) is 1.76. The summed E-state index contributed by atoms with van der Waals surface area (Å²) in [6.45, 7) is 2.02. The van der Waals surface area contributed by atoms with Crippen molar-refractivity contribution in [2.24, 2.45) is 0 Å². The molecule has 0 aliphatic carbocycles. The van der Waals surface area contributed by atoms with Gasteiger partial charge in [0.1, 0.15) is 0 Å². The average molecular weight is 200 g/mol. The fourth-order valence-corrected chi connectivity index (χ4v) is 1.51. The Morgan fingerprint density at radius 1 is 1.20 bits per heavy atom. The third kappa shape index (κ3) is 2.13. The lowest BCUT2D eigenvalue weighted by Gasteiger charge is -2.09. The maximum atomic E-state index is 11.2. The molecular formula is C12H12N2O. The van der Waals surface area contributed by atoms with Gasteiger partial charge in [-0.1, -0.05) is 19.1 Å². The van der Waals surface area contributed by atoms with Crippen LogP contribution in [0.3, 0.4) is 0 Å². The molecule has 2 aromatic heterocycles. The summed E-state index contributed by atoms with van der Waals surface area (Å²) in [4.78, 5) is 18.2. The number of hydrogen-bond acceptors (Lipinski definition) is 2. The second-order valence-electron chi connectivity index (χ2n) is 3.45. The van der Waals surface area contributed by atoms with Gasteiger partial charge in [-0.25, -0.2) is 0 Å². The van der Waals surface area contributed by atoms with Crippen LogP contribution in [0.4, 0.5) is 0 Å². The normalized spacial score (nSPS) is 12.3. The predicted molar refractivity (Wildman–Crippen MR) is 58.8 cm³/mol. The molecule has 3 nitrogen and oxygen atoms in total. The molecule has 0 saturated heterocycles. The van der Waals surface area contributed by atoms with E-state index in [0.717, 1.165) is 11.4 Å². The minimum atomic E-state index is -0.0738. The van der Waals surface area contributed by atoms with Gasteiger partial charge in [0.15, 0.2) is 0 Å². The zero-order chi connectivity index (χ0) is 10.7. The quantitative estimate of drug-likeness (QED) is 0.805. The van der Waals surface area contributed by atoms with Gasteiger partial charge in [-0.3, -0.25) is 9.78 Å². The molecule has 3 heteroatoms. The minimum absolute atomic E-state index is 0.0738. The molecule has 1 atom stereocenters. The summed E-state index contributed by atoms with van der Waals surface area (Å²) in [7, 11) is 0. The van der Waals surface area contributed by atoms with E-state index in [1.807, 2.05) is 31.2 Å². The monoisotopic (exact) mass is 200 g/mol. The zero-order valence-corrected chi connectivity index (χ0v) is 8.47. The molecule has 2 heterocycles. The SMILES string of the molecule is CC(c1ccccn1)c1cccc(=O)[nH]1. The van der Waals surface area contributed by atoms with Gasteiger partial charge in [0.2, 0.25) is 5.56 Å². The highest BCUT2D eigenvalue weighted by Gasteiger charge is 2.09. The lowest BCUT2D eigenvalue weighted by atomic mass is 10.0. The fourth-order valence-electron chi connectivity index (χ4n) is 1.51. The number of nitrogens with one attached hydrogen (secondary N) is 1. The average Bonchev–Trinajstić information content (AvgIpc) is 2.29. The van der Waals surface area contributed by atoms with E-state index in [-0.39, 0.29) is 11.5 Å². The van der Waals surface area contributed by atoms with Gasteiger partial charge in [0.25, 0.3) is 0 Å². The van der Waals surface area contributed by atoms with Crippen molar-refractivity contribution >= 4 is 0 Å². The molecule has 0 spiro atoms. The van der Waals surface area contributed by atoms with Crippen molar-refractivity contribution < 1.29 is 0 Å². The number of aromatic amines is 1. The standard InChI is InChI=1S/C12H12N2O/c1-9(10-5-2-3-8-13-10)11-6-4-7-12(15)14-11/h2-9H,1H3,(H,14,15). The Balaban J connectivity index is 2.37. The van der Waals surface area contributed by atoms with Gasteiger partial charge in [-0.2, -0.15) is 0 Å². The van der Waals surface area contributed by atoms with Gasteiger partial charge < -0.3 is 4.98 Å². The van der Waals surface area contributed by atoms with E-state index < -0.39 is 0 Å². The molecule has 0 radical (unpaired) electrons. The first-order valence-electron chi connectivity index (χ1n) is 4.87. The summed E-state index contributed by atoms with van der Waals surface area (Å²) in [5, 5.41) is 0. The summed E-state index contributed by atoms with van der Waals surface area (Å²) in [5.41, 5.74) is 1.77. The highest BCUT2D eigenvalue weighted by Crippen LogP contribution is 2.18.